The molecule has 11 rings (SSSR count). The van der Waals surface area contributed by atoms with Crippen molar-refractivity contribution in [1.82, 2.24) is 5.32 Å². The van der Waals surface area contributed by atoms with Crippen LogP contribution >= 0.6 is 0 Å². The molecule has 7 aromatic carbocycles. The zero-order valence-corrected chi connectivity index (χ0v) is 31.4. The van der Waals surface area contributed by atoms with E-state index >= 15 is 0 Å². The molecule has 0 bridgehead atoms. The quantitative estimate of drug-likeness (QED) is 0.178. The van der Waals surface area contributed by atoms with Gasteiger partial charge in [-0.3, -0.25) is 0 Å². The predicted octanol–water partition coefficient (Wildman–Crippen LogP) is 13.3. The van der Waals surface area contributed by atoms with Crippen molar-refractivity contribution in [2.75, 3.05) is 16.3 Å². The minimum Gasteiger partial charge on any atom is -0.453 e. The van der Waals surface area contributed by atoms with Crippen molar-refractivity contribution >= 4 is 34.1 Å². The summed E-state index contributed by atoms with van der Waals surface area (Å²) in [5.74, 6) is 3.32. The number of nitrogens with zero attached hydrogens (tertiary/aromatic N) is 3. The first-order valence-electron chi connectivity index (χ1n) is 19.4. The van der Waals surface area contributed by atoms with Gasteiger partial charge >= 0.3 is 0 Å². The summed E-state index contributed by atoms with van der Waals surface area (Å²) in [6.45, 7) is 7.97. The summed E-state index contributed by atoms with van der Waals surface area (Å²) < 4.78 is 13.4. The van der Waals surface area contributed by atoms with E-state index in [4.69, 9.17) is 9.47 Å². The highest BCUT2D eigenvalue weighted by Gasteiger charge is 2.44. The Kier molecular flexibility index (Phi) is 7.19. The summed E-state index contributed by atoms with van der Waals surface area (Å²) >= 11 is 0. The summed E-state index contributed by atoms with van der Waals surface area (Å²) in [5.41, 5.74) is 16.4. The van der Waals surface area contributed by atoms with E-state index in [2.05, 4.69) is 151 Å². The van der Waals surface area contributed by atoms with Gasteiger partial charge in [-0.25, -0.2) is 0 Å². The summed E-state index contributed by atoms with van der Waals surface area (Å²) in [5, 5.41) is 13.4. The van der Waals surface area contributed by atoms with Gasteiger partial charge in [-0.2, -0.15) is 5.26 Å². The van der Waals surface area contributed by atoms with Gasteiger partial charge in [0.15, 0.2) is 23.0 Å². The van der Waals surface area contributed by atoms with Crippen LogP contribution in [0.5, 0.6) is 23.0 Å². The van der Waals surface area contributed by atoms with E-state index in [0.717, 1.165) is 80.4 Å². The SMILES string of the molecule is CC(C)c1c(-c2ccc(C3CN3)cc2)c(N2c3ccccc3Oc3ccccc32)c2c(c1-c1ccc(C#N)cc1)N1c3ccccc3Oc3cccc(c31)C2C. The van der Waals surface area contributed by atoms with Crippen LogP contribution in [0.15, 0.2) is 140 Å². The van der Waals surface area contributed by atoms with Crippen LogP contribution in [0.1, 0.15) is 66.5 Å². The molecule has 2 atom stereocenters. The van der Waals surface area contributed by atoms with Gasteiger partial charge in [-0.1, -0.05) is 106 Å². The molecule has 0 radical (unpaired) electrons. The molecule has 0 saturated carbocycles. The van der Waals surface area contributed by atoms with E-state index < -0.39 is 0 Å². The standard InChI is InChI=1S/C50H38N4O2/c1-29(2)44-46(34-25-23-32(24-26-34)36-28-52-36)49(53-37-12-4-7-15-40(37)55-41-16-8-5-13-38(41)53)45-30(3)35-11-10-18-43-48(35)54(39-14-6-9-17-42(39)56-43)50(45)47(44)33-21-19-31(27-51)20-22-33/h4-26,29-30,36,52H,28H2,1-3H3. The molecule has 0 aliphatic carbocycles. The Morgan fingerprint density at radius 1 is 0.607 bits per heavy atom. The van der Waals surface area contributed by atoms with Crippen LogP contribution < -0.4 is 24.6 Å². The lowest BCUT2D eigenvalue weighted by molar-refractivity contribution is 0.474. The van der Waals surface area contributed by atoms with Gasteiger partial charge in [0.05, 0.1) is 45.8 Å². The van der Waals surface area contributed by atoms with Gasteiger partial charge in [0.2, 0.25) is 0 Å². The van der Waals surface area contributed by atoms with Crippen LogP contribution in [-0.2, 0) is 0 Å². The molecule has 56 heavy (non-hydrogen) atoms. The van der Waals surface area contributed by atoms with Crippen LogP contribution in [0.25, 0.3) is 22.3 Å². The minimum atomic E-state index is -0.0470. The molecule has 6 nitrogen and oxygen atoms in total. The highest BCUT2D eigenvalue weighted by molar-refractivity contribution is 6.09. The molecule has 1 N–H and O–H groups in total. The first kappa shape index (κ1) is 32.6. The Morgan fingerprint density at radius 3 is 1.66 bits per heavy atom. The number of fused-ring (bicyclic) bond motifs is 6. The Balaban J connectivity index is 1.36. The zero-order valence-electron chi connectivity index (χ0n) is 31.4. The molecular formula is C50H38N4O2. The van der Waals surface area contributed by atoms with Crippen LogP contribution in [0.4, 0.5) is 34.1 Å². The molecule has 4 aliphatic heterocycles. The van der Waals surface area contributed by atoms with Crippen molar-refractivity contribution in [3.05, 3.63) is 167 Å². The number of benzene rings is 7. The molecule has 4 aliphatic rings. The number of ether oxygens (including phenoxy) is 2. The molecule has 0 spiro atoms. The molecule has 0 aromatic heterocycles. The third-order valence-corrected chi connectivity index (χ3v) is 11.8. The maximum atomic E-state index is 9.91. The molecule has 270 valence electrons. The number of para-hydroxylation sites is 7. The predicted molar refractivity (Wildman–Crippen MR) is 224 cm³/mol. The van der Waals surface area contributed by atoms with Gasteiger partial charge in [0.1, 0.15) is 0 Å². The highest BCUT2D eigenvalue weighted by atomic mass is 16.5. The fourth-order valence-electron chi connectivity index (χ4n) is 9.20. The molecule has 2 unspecified atom stereocenters. The summed E-state index contributed by atoms with van der Waals surface area (Å²) in [7, 11) is 0. The maximum Gasteiger partial charge on any atom is 0.151 e. The Labute approximate surface area is 326 Å². The van der Waals surface area contributed by atoms with Crippen LogP contribution in [-0.4, -0.2) is 6.54 Å². The number of nitrogens with one attached hydrogen (secondary N) is 1. The molecule has 4 heterocycles. The second-order valence-corrected chi connectivity index (χ2v) is 15.4. The molecule has 1 fully saturated rings. The third kappa shape index (κ3) is 4.78. The third-order valence-electron chi connectivity index (χ3n) is 11.8. The zero-order chi connectivity index (χ0) is 37.7. The van der Waals surface area contributed by atoms with Gasteiger partial charge in [-0.05, 0) is 88.3 Å². The monoisotopic (exact) mass is 726 g/mol. The van der Waals surface area contributed by atoms with E-state index in [1.165, 1.54) is 27.8 Å². The van der Waals surface area contributed by atoms with Crippen molar-refractivity contribution in [2.24, 2.45) is 0 Å². The van der Waals surface area contributed by atoms with E-state index in [-0.39, 0.29) is 11.8 Å². The van der Waals surface area contributed by atoms with E-state index in [1.54, 1.807) is 0 Å². The molecule has 7 aromatic rings. The Hall–Kier alpha value is -6.81. The maximum absolute atomic E-state index is 9.91. The van der Waals surface area contributed by atoms with E-state index in [1.807, 2.05) is 30.3 Å². The lowest BCUT2D eigenvalue weighted by atomic mass is 9.74. The molecular weight excluding hydrogens is 689 g/mol. The van der Waals surface area contributed by atoms with E-state index in [9.17, 15) is 5.26 Å². The topological polar surface area (TPSA) is 70.7 Å². The molecule has 0 amide bonds. The summed E-state index contributed by atoms with van der Waals surface area (Å²) in [6, 6.07) is 51.7. The Bertz CT molecular complexity index is 2730. The average Bonchev–Trinajstić information content (AvgIpc) is 4.09. The lowest BCUT2D eigenvalue weighted by Gasteiger charge is -2.46. The normalized spacial score (nSPS) is 16.7. The van der Waals surface area contributed by atoms with Crippen LogP contribution in [0.2, 0.25) is 0 Å². The minimum absolute atomic E-state index is 0.0470. The van der Waals surface area contributed by atoms with Crippen LogP contribution in [0.3, 0.4) is 0 Å². The number of nitriles is 1. The van der Waals surface area contributed by atoms with Crippen molar-refractivity contribution < 1.29 is 9.47 Å². The lowest BCUT2D eigenvalue weighted by Crippen LogP contribution is -2.28. The molecule has 1 saturated heterocycles. The second kappa shape index (κ2) is 12.4. The molecule has 6 heteroatoms. The first-order valence-corrected chi connectivity index (χ1v) is 19.4. The van der Waals surface area contributed by atoms with E-state index in [0.29, 0.717) is 11.6 Å². The first-order chi connectivity index (χ1) is 27.5. The highest BCUT2D eigenvalue weighted by Crippen LogP contribution is 2.66. The Morgan fingerprint density at radius 2 is 1.11 bits per heavy atom. The fourth-order valence-corrected chi connectivity index (χ4v) is 9.20. The van der Waals surface area contributed by atoms with Crippen LogP contribution in [0, 0.1) is 11.3 Å². The number of rotatable bonds is 5. The van der Waals surface area contributed by atoms with Gasteiger partial charge < -0.3 is 24.6 Å². The van der Waals surface area contributed by atoms with Gasteiger partial charge in [0.25, 0.3) is 0 Å². The van der Waals surface area contributed by atoms with Gasteiger partial charge in [-0.15, -0.1) is 0 Å². The van der Waals surface area contributed by atoms with Crippen molar-refractivity contribution in [1.29, 1.82) is 5.26 Å². The smallest absolute Gasteiger partial charge is 0.151 e. The summed E-state index contributed by atoms with van der Waals surface area (Å²) in [6.07, 6.45) is 0. The number of hydrogen-bond acceptors (Lipinski definition) is 6. The average molecular weight is 727 g/mol. The number of hydrogen-bond donors (Lipinski definition) is 1. The largest absolute Gasteiger partial charge is 0.453 e. The number of anilines is 6. The van der Waals surface area contributed by atoms with Crippen molar-refractivity contribution in [3.63, 3.8) is 0 Å². The van der Waals surface area contributed by atoms with Crippen molar-refractivity contribution in [3.8, 4) is 51.3 Å². The van der Waals surface area contributed by atoms with Crippen molar-refractivity contribution in [2.45, 2.75) is 38.6 Å². The van der Waals surface area contributed by atoms with Gasteiger partial charge in [0, 0.05) is 35.2 Å². The summed E-state index contributed by atoms with van der Waals surface area (Å²) in [4.78, 5) is 4.93. The fraction of sp³-hybridized carbons (Fsp3) is 0.140. The second-order valence-electron chi connectivity index (χ2n) is 15.4.